The van der Waals surface area contributed by atoms with E-state index in [9.17, 15) is 9.59 Å². The Balaban J connectivity index is 2.05. The number of nitrogens with two attached hydrogens (primary N) is 1. The molecule has 2 N–H and O–H groups in total. The molecule has 0 aliphatic carbocycles. The summed E-state index contributed by atoms with van der Waals surface area (Å²) in [6.45, 7) is 3.44. The molecule has 5 heteroatoms. The first kappa shape index (κ1) is 11.4. The molecular weight excluding hydrogens is 206 g/mol. The van der Waals surface area contributed by atoms with Crippen LogP contribution in [0.4, 0.5) is 0 Å². The Morgan fingerprint density at radius 3 is 2.94 bits per heavy atom. The van der Waals surface area contributed by atoms with Gasteiger partial charge < -0.3 is 15.5 Å². The molecular formula is C11H19N3O2. The summed E-state index contributed by atoms with van der Waals surface area (Å²) in [6.07, 6.45) is 2.57. The number of fused-ring (bicyclic) bond motifs is 1. The number of carbonyl (C=O) groups is 2. The lowest BCUT2D eigenvalue weighted by molar-refractivity contribution is -0.153. The zero-order valence-electron chi connectivity index (χ0n) is 9.69. The maximum absolute atomic E-state index is 12.1. The monoisotopic (exact) mass is 225 g/mol. The van der Waals surface area contributed by atoms with E-state index in [0.717, 1.165) is 25.8 Å². The van der Waals surface area contributed by atoms with Crippen molar-refractivity contribution in [3.8, 4) is 0 Å². The van der Waals surface area contributed by atoms with Crippen LogP contribution in [-0.2, 0) is 9.59 Å². The highest BCUT2D eigenvalue weighted by Gasteiger charge is 2.41. The molecule has 2 fully saturated rings. The van der Waals surface area contributed by atoms with E-state index < -0.39 is 0 Å². The zero-order chi connectivity index (χ0) is 11.7. The van der Waals surface area contributed by atoms with Gasteiger partial charge in [-0.1, -0.05) is 6.92 Å². The number of rotatable bonds is 3. The van der Waals surface area contributed by atoms with E-state index in [1.807, 2.05) is 6.92 Å². The van der Waals surface area contributed by atoms with E-state index in [2.05, 4.69) is 0 Å². The number of nitrogens with zero attached hydrogens (tertiary/aromatic N) is 2. The largest absolute Gasteiger partial charge is 0.330 e. The number of piperazine rings is 1. The number of hydrogen-bond donors (Lipinski definition) is 1. The van der Waals surface area contributed by atoms with E-state index in [1.54, 1.807) is 9.80 Å². The van der Waals surface area contributed by atoms with Gasteiger partial charge in [0, 0.05) is 19.1 Å². The van der Waals surface area contributed by atoms with Crippen molar-refractivity contribution in [1.82, 2.24) is 9.80 Å². The molecule has 2 aliphatic heterocycles. The molecule has 0 bridgehead atoms. The van der Waals surface area contributed by atoms with Crippen LogP contribution in [0.5, 0.6) is 0 Å². The van der Waals surface area contributed by atoms with Gasteiger partial charge in [-0.05, 0) is 19.3 Å². The van der Waals surface area contributed by atoms with Crippen molar-refractivity contribution >= 4 is 11.8 Å². The standard InChI is InChI=1S/C11H19N3O2/c1-2-8(12)6-13-7-10(15)14-5-3-4-9(14)11(13)16/h8-9H,2-7,12H2,1H3. The fourth-order valence-corrected chi connectivity index (χ4v) is 2.43. The Labute approximate surface area is 95.6 Å². The maximum atomic E-state index is 12.1. The van der Waals surface area contributed by atoms with Crippen LogP contribution in [0.25, 0.3) is 0 Å². The van der Waals surface area contributed by atoms with E-state index in [4.69, 9.17) is 5.73 Å². The second kappa shape index (κ2) is 4.41. The third-order valence-corrected chi connectivity index (χ3v) is 3.48. The van der Waals surface area contributed by atoms with Crippen LogP contribution in [0.2, 0.25) is 0 Å². The van der Waals surface area contributed by atoms with Crippen LogP contribution in [0, 0.1) is 0 Å². The van der Waals surface area contributed by atoms with Crippen LogP contribution in [0.15, 0.2) is 0 Å². The van der Waals surface area contributed by atoms with Gasteiger partial charge in [0.05, 0.1) is 6.54 Å². The van der Waals surface area contributed by atoms with Gasteiger partial charge in [0.1, 0.15) is 6.04 Å². The second-order valence-electron chi connectivity index (χ2n) is 4.63. The van der Waals surface area contributed by atoms with Crippen LogP contribution >= 0.6 is 0 Å². The van der Waals surface area contributed by atoms with Gasteiger partial charge in [0.25, 0.3) is 0 Å². The normalized spacial score (nSPS) is 27.2. The van der Waals surface area contributed by atoms with E-state index in [1.165, 1.54) is 0 Å². The lowest BCUT2D eigenvalue weighted by atomic mass is 10.1. The summed E-state index contributed by atoms with van der Waals surface area (Å²) in [5.41, 5.74) is 5.83. The summed E-state index contributed by atoms with van der Waals surface area (Å²) < 4.78 is 0. The minimum Gasteiger partial charge on any atom is -0.330 e. The molecule has 0 saturated carbocycles. The topological polar surface area (TPSA) is 66.6 Å². The van der Waals surface area contributed by atoms with Crippen molar-refractivity contribution in [3.63, 3.8) is 0 Å². The Hall–Kier alpha value is -1.10. The maximum Gasteiger partial charge on any atom is 0.245 e. The predicted molar refractivity (Wildman–Crippen MR) is 59.6 cm³/mol. The molecule has 2 rings (SSSR count). The summed E-state index contributed by atoms with van der Waals surface area (Å²) in [5, 5.41) is 0. The van der Waals surface area contributed by atoms with Gasteiger partial charge in [-0.25, -0.2) is 0 Å². The molecule has 0 aromatic rings. The average molecular weight is 225 g/mol. The van der Waals surface area contributed by atoms with Crippen LogP contribution in [0.1, 0.15) is 26.2 Å². The smallest absolute Gasteiger partial charge is 0.245 e. The highest BCUT2D eigenvalue weighted by molar-refractivity contribution is 5.95. The van der Waals surface area contributed by atoms with Gasteiger partial charge in [0.15, 0.2) is 0 Å². The Morgan fingerprint density at radius 2 is 2.25 bits per heavy atom. The molecule has 2 saturated heterocycles. The van der Waals surface area contributed by atoms with Crippen molar-refractivity contribution in [2.75, 3.05) is 19.6 Å². The summed E-state index contributed by atoms with van der Waals surface area (Å²) in [7, 11) is 0. The quantitative estimate of drug-likeness (QED) is 0.708. The molecule has 2 heterocycles. The molecule has 5 nitrogen and oxygen atoms in total. The van der Waals surface area contributed by atoms with E-state index >= 15 is 0 Å². The molecule has 0 aromatic heterocycles. The van der Waals surface area contributed by atoms with Crippen molar-refractivity contribution in [2.24, 2.45) is 5.73 Å². The summed E-state index contributed by atoms with van der Waals surface area (Å²) >= 11 is 0. The lowest BCUT2D eigenvalue weighted by Crippen LogP contribution is -2.59. The summed E-state index contributed by atoms with van der Waals surface area (Å²) in [6, 6.07) is -0.227. The third kappa shape index (κ3) is 1.91. The predicted octanol–water partition coefficient (Wildman–Crippen LogP) is -0.443. The minimum atomic E-state index is -0.203. The van der Waals surface area contributed by atoms with E-state index in [0.29, 0.717) is 6.54 Å². The van der Waals surface area contributed by atoms with Crippen molar-refractivity contribution in [1.29, 1.82) is 0 Å². The molecule has 2 unspecified atom stereocenters. The Bertz CT molecular complexity index is 306. The molecule has 16 heavy (non-hydrogen) atoms. The molecule has 0 spiro atoms. The summed E-state index contributed by atoms with van der Waals surface area (Å²) in [4.78, 5) is 27.2. The van der Waals surface area contributed by atoms with Gasteiger partial charge in [0.2, 0.25) is 11.8 Å². The summed E-state index contributed by atoms with van der Waals surface area (Å²) in [5.74, 6) is 0.159. The first-order valence-electron chi connectivity index (χ1n) is 5.97. The Kier molecular flexibility index (Phi) is 3.14. The lowest BCUT2D eigenvalue weighted by Gasteiger charge is -2.37. The van der Waals surface area contributed by atoms with Crippen LogP contribution in [-0.4, -0.2) is 53.3 Å². The SMILES string of the molecule is CCC(N)CN1CC(=O)N2CCCC2C1=O. The number of carbonyl (C=O) groups excluding carboxylic acids is 2. The third-order valence-electron chi connectivity index (χ3n) is 3.48. The van der Waals surface area contributed by atoms with Gasteiger partial charge in [-0.2, -0.15) is 0 Å². The second-order valence-corrected chi connectivity index (χ2v) is 4.63. The van der Waals surface area contributed by atoms with E-state index in [-0.39, 0.29) is 30.4 Å². The molecule has 90 valence electrons. The van der Waals surface area contributed by atoms with Crippen LogP contribution < -0.4 is 5.73 Å². The van der Waals surface area contributed by atoms with Crippen molar-refractivity contribution in [2.45, 2.75) is 38.3 Å². The zero-order valence-corrected chi connectivity index (χ0v) is 9.69. The van der Waals surface area contributed by atoms with Crippen molar-refractivity contribution in [3.05, 3.63) is 0 Å². The number of amides is 2. The fraction of sp³-hybridized carbons (Fsp3) is 0.818. The van der Waals surface area contributed by atoms with Crippen LogP contribution in [0.3, 0.4) is 0 Å². The molecule has 0 aromatic carbocycles. The van der Waals surface area contributed by atoms with Gasteiger partial charge in [-0.15, -0.1) is 0 Å². The molecule has 2 amide bonds. The average Bonchev–Trinajstić information content (AvgIpc) is 2.74. The minimum absolute atomic E-state index is 0.0234. The van der Waals surface area contributed by atoms with Crippen molar-refractivity contribution < 1.29 is 9.59 Å². The molecule has 2 atom stereocenters. The first-order chi connectivity index (χ1) is 7.63. The molecule has 2 aliphatic rings. The highest BCUT2D eigenvalue weighted by Crippen LogP contribution is 2.23. The fourth-order valence-electron chi connectivity index (χ4n) is 2.43. The van der Waals surface area contributed by atoms with Gasteiger partial charge >= 0.3 is 0 Å². The highest BCUT2D eigenvalue weighted by atomic mass is 16.2. The van der Waals surface area contributed by atoms with Gasteiger partial charge in [-0.3, -0.25) is 9.59 Å². The first-order valence-corrected chi connectivity index (χ1v) is 5.97. The number of hydrogen-bond acceptors (Lipinski definition) is 3. The molecule has 0 radical (unpaired) electrons. The Morgan fingerprint density at radius 1 is 1.50 bits per heavy atom.